The van der Waals surface area contributed by atoms with E-state index in [4.69, 9.17) is 4.74 Å². The van der Waals surface area contributed by atoms with E-state index in [2.05, 4.69) is 29.1 Å². The van der Waals surface area contributed by atoms with Crippen molar-refractivity contribution in [1.29, 1.82) is 0 Å². The fourth-order valence-corrected chi connectivity index (χ4v) is 4.69. The van der Waals surface area contributed by atoms with Crippen molar-refractivity contribution in [3.8, 4) is 5.75 Å². The zero-order chi connectivity index (χ0) is 21.0. The van der Waals surface area contributed by atoms with Crippen LogP contribution in [0.4, 0.5) is 5.69 Å². The van der Waals surface area contributed by atoms with Gasteiger partial charge >= 0.3 is 0 Å². The molecule has 0 fully saturated rings. The maximum atomic E-state index is 12.6. The van der Waals surface area contributed by atoms with Gasteiger partial charge in [-0.25, -0.2) is 8.42 Å². The third kappa shape index (κ3) is 4.83. The molecule has 6 heteroatoms. The quantitative estimate of drug-likeness (QED) is 0.587. The summed E-state index contributed by atoms with van der Waals surface area (Å²) in [4.78, 5) is 0.237. The number of hydrogen-bond acceptors (Lipinski definition) is 4. The molecule has 0 amide bonds. The summed E-state index contributed by atoms with van der Waals surface area (Å²) in [5.41, 5.74) is 2.85. The van der Waals surface area contributed by atoms with Crippen LogP contribution in [-0.4, -0.2) is 21.1 Å². The Hall–Kier alpha value is -2.83. The van der Waals surface area contributed by atoms with Gasteiger partial charge in [0.25, 0.3) is 10.0 Å². The molecule has 4 rings (SSSR count). The van der Waals surface area contributed by atoms with Crippen LogP contribution in [0.5, 0.6) is 5.75 Å². The predicted octanol–water partition coefficient (Wildman–Crippen LogP) is 4.53. The van der Waals surface area contributed by atoms with Crippen molar-refractivity contribution in [3.63, 3.8) is 0 Å². The molecule has 0 unspecified atom stereocenters. The summed E-state index contributed by atoms with van der Waals surface area (Å²) in [6, 6.07) is 24.4. The summed E-state index contributed by atoms with van der Waals surface area (Å²) in [5.74, 6) is 0.744. The van der Waals surface area contributed by atoms with E-state index in [1.807, 2.05) is 24.3 Å². The molecular formula is C24H26N2O3S. The Kier molecular flexibility index (Phi) is 6.06. The summed E-state index contributed by atoms with van der Waals surface area (Å²) in [6.07, 6.45) is 1.88. The zero-order valence-corrected chi connectivity index (χ0v) is 17.7. The Balaban J connectivity index is 1.41. The molecule has 2 N–H and O–H groups in total. The van der Waals surface area contributed by atoms with Crippen LogP contribution in [0.1, 0.15) is 30.5 Å². The van der Waals surface area contributed by atoms with Crippen LogP contribution in [0, 0.1) is 0 Å². The van der Waals surface area contributed by atoms with Crippen molar-refractivity contribution in [3.05, 3.63) is 90.0 Å². The first-order valence-corrected chi connectivity index (χ1v) is 11.7. The highest BCUT2D eigenvalue weighted by molar-refractivity contribution is 7.92. The molecule has 1 heterocycles. The molecule has 3 aromatic rings. The molecule has 0 spiro atoms. The van der Waals surface area contributed by atoms with Crippen molar-refractivity contribution in [2.75, 3.05) is 11.3 Å². The Morgan fingerprint density at radius 1 is 1.00 bits per heavy atom. The molecular weight excluding hydrogens is 396 g/mol. The maximum Gasteiger partial charge on any atom is 0.261 e. The molecule has 0 bridgehead atoms. The van der Waals surface area contributed by atoms with E-state index < -0.39 is 10.0 Å². The molecule has 5 nitrogen and oxygen atoms in total. The third-order valence-corrected chi connectivity index (χ3v) is 6.75. The lowest BCUT2D eigenvalue weighted by atomic mass is 10.0. The Bertz CT molecular complexity index is 1090. The summed E-state index contributed by atoms with van der Waals surface area (Å²) >= 11 is 0. The van der Waals surface area contributed by atoms with Crippen molar-refractivity contribution >= 4 is 15.7 Å². The average molecular weight is 423 g/mol. The second-order valence-electron chi connectivity index (χ2n) is 7.56. The van der Waals surface area contributed by atoms with Gasteiger partial charge in [-0.15, -0.1) is 0 Å². The smallest absolute Gasteiger partial charge is 0.261 e. The number of aryl methyl sites for hydroxylation is 1. The van der Waals surface area contributed by atoms with Gasteiger partial charge in [-0.3, -0.25) is 4.72 Å². The Morgan fingerprint density at radius 3 is 2.43 bits per heavy atom. The van der Waals surface area contributed by atoms with Gasteiger partial charge in [-0.1, -0.05) is 54.6 Å². The highest BCUT2D eigenvalue weighted by Crippen LogP contribution is 2.31. The molecule has 3 aromatic carbocycles. The first kappa shape index (κ1) is 20.4. The van der Waals surface area contributed by atoms with Crippen LogP contribution in [0.15, 0.2) is 83.8 Å². The van der Waals surface area contributed by atoms with Crippen LogP contribution < -0.4 is 14.8 Å². The maximum absolute atomic E-state index is 12.6. The van der Waals surface area contributed by atoms with E-state index in [-0.39, 0.29) is 17.0 Å². The normalized spacial score (nSPS) is 16.9. The van der Waals surface area contributed by atoms with E-state index in [1.54, 1.807) is 42.5 Å². The summed E-state index contributed by atoms with van der Waals surface area (Å²) in [7, 11) is -3.62. The summed E-state index contributed by atoms with van der Waals surface area (Å²) in [5, 5.41) is 3.54. The van der Waals surface area contributed by atoms with Crippen LogP contribution >= 0.6 is 0 Å². The van der Waals surface area contributed by atoms with Gasteiger partial charge in [0.1, 0.15) is 11.9 Å². The number of fused-ring (bicyclic) bond motifs is 1. The molecule has 2 atom stereocenters. The van der Waals surface area contributed by atoms with E-state index >= 15 is 0 Å². The van der Waals surface area contributed by atoms with E-state index in [1.165, 1.54) is 5.56 Å². The average Bonchev–Trinajstić information content (AvgIpc) is 2.78. The molecule has 0 aromatic heterocycles. The third-order valence-electron chi connectivity index (χ3n) is 5.35. The minimum atomic E-state index is -3.62. The largest absolute Gasteiger partial charge is 0.489 e. The monoisotopic (exact) mass is 422 g/mol. The molecule has 0 saturated heterocycles. The van der Waals surface area contributed by atoms with E-state index in [9.17, 15) is 8.42 Å². The molecule has 0 radical (unpaired) electrons. The number of rotatable bonds is 7. The highest BCUT2D eigenvalue weighted by atomic mass is 32.2. The van der Waals surface area contributed by atoms with Gasteiger partial charge in [0.15, 0.2) is 0 Å². The Morgan fingerprint density at radius 2 is 1.70 bits per heavy atom. The molecule has 30 heavy (non-hydrogen) atoms. The second kappa shape index (κ2) is 8.90. The number of benzene rings is 3. The predicted molar refractivity (Wildman–Crippen MR) is 119 cm³/mol. The molecule has 1 aliphatic rings. The number of hydrogen-bond donors (Lipinski definition) is 2. The lowest BCUT2D eigenvalue weighted by Crippen LogP contribution is -2.35. The topological polar surface area (TPSA) is 67.4 Å². The summed E-state index contributed by atoms with van der Waals surface area (Å²) < 4.78 is 34.0. The fraction of sp³-hybridized carbons (Fsp3) is 0.250. The van der Waals surface area contributed by atoms with Crippen LogP contribution in [-0.2, 0) is 16.4 Å². The number of ether oxygens (including phenoxy) is 1. The molecule has 0 saturated carbocycles. The zero-order valence-electron chi connectivity index (χ0n) is 16.9. The SMILES string of the molecule is C[C@@H](NC[C@H]1CCc2ccc(NS(=O)(=O)c3ccccc3)cc2O1)c1ccccc1. The van der Waals surface area contributed by atoms with E-state index in [0.29, 0.717) is 5.69 Å². The van der Waals surface area contributed by atoms with Gasteiger partial charge in [0.05, 0.1) is 10.6 Å². The van der Waals surface area contributed by atoms with Crippen molar-refractivity contribution in [2.45, 2.75) is 36.8 Å². The lowest BCUT2D eigenvalue weighted by molar-refractivity contribution is 0.167. The summed E-state index contributed by atoms with van der Waals surface area (Å²) in [6.45, 7) is 2.87. The van der Waals surface area contributed by atoms with Crippen molar-refractivity contribution in [2.24, 2.45) is 0 Å². The van der Waals surface area contributed by atoms with Crippen LogP contribution in [0.3, 0.4) is 0 Å². The van der Waals surface area contributed by atoms with Crippen molar-refractivity contribution in [1.82, 2.24) is 5.32 Å². The first-order valence-electron chi connectivity index (χ1n) is 10.2. The van der Waals surface area contributed by atoms with Gasteiger partial charge in [-0.05, 0) is 49.1 Å². The van der Waals surface area contributed by atoms with Crippen LogP contribution in [0.2, 0.25) is 0 Å². The molecule has 1 aliphatic heterocycles. The highest BCUT2D eigenvalue weighted by Gasteiger charge is 2.22. The van der Waals surface area contributed by atoms with Gasteiger partial charge < -0.3 is 10.1 Å². The minimum Gasteiger partial charge on any atom is -0.489 e. The van der Waals surface area contributed by atoms with Crippen LogP contribution in [0.25, 0.3) is 0 Å². The number of nitrogens with one attached hydrogen (secondary N) is 2. The molecule has 0 aliphatic carbocycles. The Labute approximate surface area is 178 Å². The second-order valence-corrected chi connectivity index (χ2v) is 9.24. The number of sulfonamides is 1. The number of anilines is 1. The van der Waals surface area contributed by atoms with Gasteiger partial charge in [0.2, 0.25) is 0 Å². The van der Waals surface area contributed by atoms with E-state index in [0.717, 1.165) is 30.7 Å². The lowest BCUT2D eigenvalue weighted by Gasteiger charge is -2.28. The van der Waals surface area contributed by atoms with Gasteiger partial charge in [0, 0.05) is 18.7 Å². The fourth-order valence-electron chi connectivity index (χ4n) is 3.61. The van der Waals surface area contributed by atoms with Gasteiger partial charge in [-0.2, -0.15) is 0 Å². The first-order chi connectivity index (χ1) is 14.5. The van der Waals surface area contributed by atoms with Crippen molar-refractivity contribution < 1.29 is 13.2 Å². The molecule has 156 valence electrons. The standard InChI is InChI=1S/C24H26N2O3S/c1-18(19-8-4-2-5-9-19)25-17-22-15-13-20-12-14-21(16-24(20)29-22)26-30(27,28)23-10-6-3-7-11-23/h2-12,14,16,18,22,25-26H,13,15,17H2,1H3/t18-,22-/m1/s1. The minimum absolute atomic E-state index is 0.0460.